The quantitative estimate of drug-likeness (QED) is 0.296. The largest absolute Gasteiger partial charge is 0.497 e. The topological polar surface area (TPSA) is 84.6 Å². The molecule has 7 nitrogen and oxygen atoms in total. The molecule has 0 unspecified atom stereocenters. The molecule has 0 fully saturated rings. The second-order valence-electron chi connectivity index (χ2n) is 5.65. The molecule has 3 aromatic rings. The zero-order valence-corrected chi connectivity index (χ0v) is 18.6. The first-order valence-corrected chi connectivity index (χ1v) is 8.71. The van der Waals surface area contributed by atoms with Crippen molar-refractivity contribution in [1.82, 2.24) is 20.8 Å². The van der Waals surface area contributed by atoms with Gasteiger partial charge in [0.25, 0.3) is 0 Å². The minimum absolute atomic E-state index is 0. The predicted octanol–water partition coefficient (Wildman–Crippen LogP) is 3.88. The van der Waals surface area contributed by atoms with E-state index in [0.717, 1.165) is 16.9 Å². The number of rotatable bonds is 6. The van der Waals surface area contributed by atoms with E-state index >= 15 is 0 Å². The number of nitrogens with one attached hydrogen (secondary N) is 2. The summed E-state index contributed by atoms with van der Waals surface area (Å²) in [5, 5.41) is 11.0. The molecule has 0 aliphatic rings. The van der Waals surface area contributed by atoms with E-state index < -0.39 is 0 Å². The van der Waals surface area contributed by atoms with Crippen molar-refractivity contribution in [2.75, 3.05) is 14.2 Å². The van der Waals surface area contributed by atoms with E-state index in [-0.39, 0.29) is 24.0 Å². The fourth-order valence-corrected chi connectivity index (χ4v) is 2.61. The molecule has 0 saturated carbocycles. The van der Waals surface area contributed by atoms with Gasteiger partial charge in [-0.25, -0.2) is 0 Å². The molecule has 9 heteroatoms. The standard InChI is InChI=1S/C19H20ClN5O2.HI/c1-21-19(22-11-13-5-3-8-16(9-13)26-2)23-12-17-24-18(25-27-17)14-6-4-7-15(20)10-14;/h3-10H,11-12H2,1-2H3,(H2,21,22,23);1H. The van der Waals surface area contributed by atoms with Crippen LogP contribution in [0.5, 0.6) is 5.75 Å². The molecule has 3 rings (SSSR count). The monoisotopic (exact) mass is 513 g/mol. The van der Waals surface area contributed by atoms with Gasteiger partial charge >= 0.3 is 0 Å². The van der Waals surface area contributed by atoms with Gasteiger partial charge < -0.3 is 19.9 Å². The van der Waals surface area contributed by atoms with Crippen molar-refractivity contribution < 1.29 is 9.26 Å². The van der Waals surface area contributed by atoms with E-state index in [1.165, 1.54) is 0 Å². The zero-order valence-electron chi connectivity index (χ0n) is 15.5. The summed E-state index contributed by atoms with van der Waals surface area (Å²) in [6.07, 6.45) is 0. The Balaban J connectivity index is 0.00000280. The third-order valence-electron chi connectivity index (χ3n) is 3.78. The summed E-state index contributed by atoms with van der Waals surface area (Å²) in [4.78, 5) is 8.56. The van der Waals surface area contributed by atoms with Crippen LogP contribution in [0.3, 0.4) is 0 Å². The Morgan fingerprint density at radius 2 is 1.93 bits per heavy atom. The van der Waals surface area contributed by atoms with E-state index in [9.17, 15) is 0 Å². The number of nitrogens with zero attached hydrogens (tertiary/aromatic N) is 3. The molecule has 28 heavy (non-hydrogen) atoms. The van der Waals surface area contributed by atoms with E-state index in [2.05, 4.69) is 25.8 Å². The minimum Gasteiger partial charge on any atom is -0.497 e. The number of hydrogen-bond donors (Lipinski definition) is 2. The Labute approximate surface area is 185 Å². The molecular formula is C19H21ClIN5O2. The second kappa shape index (κ2) is 10.9. The van der Waals surface area contributed by atoms with Crippen LogP contribution >= 0.6 is 35.6 Å². The van der Waals surface area contributed by atoms with E-state index in [0.29, 0.717) is 35.8 Å². The molecule has 0 atom stereocenters. The average Bonchev–Trinajstić information content (AvgIpc) is 3.17. The van der Waals surface area contributed by atoms with Crippen LogP contribution < -0.4 is 15.4 Å². The van der Waals surface area contributed by atoms with Crippen LogP contribution in [-0.4, -0.2) is 30.3 Å². The maximum Gasteiger partial charge on any atom is 0.246 e. The summed E-state index contributed by atoms with van der Waals surface area (Å²) in [5.74, 6) is 2.39. The Kier molecular flexibility index (Phi) is 8.52. The Hall–Kier alpha value is -2.33. The number of ether oxygens (including phenoxy) is 1. The van der Waals surface area contributed by atoms with Gasteiger partial charge in [0, 0.05) is 24.2 Å². The highest BCUT2D eigenvalue weighted by Crippen LogP contribution is 2.19. The number of benzene rings is 2. The first kappa shape index (κ1) is 22.0. The number of methoxy groups -OCH3 is 1. The van der Waals surface area contributed by atoms with Gasteiger partial charge in [-0.15, -0.1) is 24.0 Å². The second-order valence-corrected chi connectivity index (χ2v) is 6.09. The number of aliphatic imine (C=N–C) groups is 1. The molecule has 0 aliphatic heterocycles. The van der Waals surface area contributed by atoms with E-state index in [1.807, 2.05) is 36.4 Å². The molecule has 2 N–H and O–H groups in total. The van der Waals surface area contributed by atoms with E-state index in [4.69, 9.17) is 20.9 Å². The van der Waals surface area contributed by atoms with Crippen LogP contribution in [0.1, 0.15) is 11.5 Å². The van der Waals surface area contributed by atoms with Crippen LogP contribution in [-0.2, 0) is 13.1 Å². The fraction of sp³-hybridized carbons (Fsp3) is 0.211. The lowest BCUT2D eigenvalue weighted by atomic mass is 10.2. The number of halogens is 2. The summed E-state index contributed by atoms with van der Waals surface area (Å²) in [6.45, 7) is 0.958. The average molecular weight is 514 g/mol. The van der Waals surface area contributed by atoms with Gasteiger partial charge in [0.1, 0.15) is 5.75 Å². The summed E-state index contributed by atoms with van der Waals surface area (Å²) < 4.78 is 10.5. The summed E-state index contributed by atoms with van der Waals surface area (Å²) in [5.41, 5.74) is 1.89. The highest BCUT2D eigenvalue weighted by Gasteiger charge is 2.09. The van der Waals surface area contributed by atoms with Crippen molar-refractivity contribution in [2.24, 2.45) is 4.99 Å². The molecular weight excluding hydrogens is 493 g/mol. The Bertz CT molecular complexity index is 932. The number of aromatic nitrogens is 2. The Morgan fingerprint density at radius 1 is 1.14 bits per heavy atom. The smallest absolute Gasteiger partial charge is 0.246 e. The normalized spacial score (nSPS) is 10.9. The van der Waals surface area contributed by atoms with Crippen LogP contribution in [0.15, 0.2) is 58.0 Å². The van der Waals surface area contributed by atoms with Gasteiger partial charge in [0.2, 0.25) is 11.7 Å². The summed E-state index contributed by atoms with van der Waals surface area (Å²) in [7, 11) is 3.35. The van der Waals surface area contributed by atoms with Gasteiger partial charge in [-0.2, -0.15) is 4.98 Å². The van der Waals surface area contributed by atoms with Gasteiger partial charge in [0.15, 0.2) is 5.96 Å². The summed E-state index contributed by atoms with van der Waals surface area (Å²) >= 11 is 6.00. The molecule has 0 bridgehead atoms. The van der Waals surface area contributed by atoms with Crippen molar-refractivity contribution >= 4 is 41.5 Å². The van der Waals surface area contributed by atoms with Crippen molar-refractivity contribution in [1.29, 1.82) is 0 Å². The van der Waals surface area contributed by atoms with Gasteiger partial charge in [-0.3, -0.25) is 4.99 Å². The van der Waals surface area contributed by atoms with Crippen molar-refractivity contribution in [2.45, 2.75) is 13.1 Å². The minimum atomic E-state index is 0. The maximum absolute atomic E-state index is 6.00. The van der Waals surface area contributed by atoms with Crippen LogP contribution in [0.4, 0.5) is 0 Å². The SMILES string of the molecule is CN=C(NCc1cccc(OC)c1)NCc1nc(-c2cccc(Cl)c2)no1.I. The molecule has 0 amide bonds. The highest BCUT2D eigenvalue weighted by atomic mass is 127. The van der Waals surface area contributed by atoms with Gasteiger partial charge in [-0.1, -0.05) is 41.0 Å². The lowest BCUT2D eigenvalue weighted by Gasteiger charge is -2.11. The lowest BCUT2D eigenvalue weighted by Crippen LogP contribution is -2.36. The van der Waals surface area contributed by atoms with Gasteiger partial charge in [0.05, 0.1) is 13.7 Å². The summed E-state index contributed by atoms with van der Waals surface area (Å²) in [6, 6.07) is 15.1. The predicted molar refractivity (Wildman–Crippen MR) is 120 cm³/mol. The van der Waals surface area contributed by atoms with Crippen molar-refractivity contribution in [3.8, 4) is 17.1 Å². The third-order valence-corrected chi connectivity index (χ3v) is 4.01. The number of guanidine groups is 1. The molecule has 0 aliphatic carbocycles. The maximum atomic E-state index is 6.00. The van der Waals surface area contributed by atoms with Crippen molar-refractivity contribution in [3.05, 3.63) is 65.0 Å². The fourth-order valence-electron chi connectivity index (χ4n) is 2.42. The Morgan fingerprint density at radius 3 is 2.68 bits per heavy atom. The van der Waals surface area contributed by atoms with Crippen molar-refractivity contribution in [3.63, 3.8) is 0 Å². The third kappa shape index (κ3) is 6.10. The van der Waals surface area contributed by atoms with Crippen LogP contribution in [0.25, 0.3) is 11.4 Å². The molecule has 2 aromatic carbocycles. The zero-order chi connectivity index (χ0) is 19.1. The van der Waals surface area contributed by atoms with Gasteiger partial charge in [-0.05, 0) is 29.8 Å². The molecule has 1 heterocycles. The number of hydrogen-bond acceptors (Lipinski definition) is 5. The van der Waals surface area contributed by atoms with Crippen LogP contribution in [0.2, 0.25) is 5.02 Å². The molecule has 0 radical (unpaired) electrons. The molecule has 1 aromatic heterocycles. The first-order chi connectivity index (χ1) is 13.2. The first-order valence-electron chi connectivity index (χ1n) is 8.34. The lowest BCUT2D eigenvalue weighted by molar-refractivity contribution is 0.375. The molecule has 0 saturated heterocycles. The van der Waals surface area contributed by atoms with E-state index in [1.54, 1.807) is 26.3 Å². The highest BCUT2D eigenvalue weighted by molar-refractivity contribution is 14.0. The molecule has 0 spiro atoms. The van der Waals surface area contributed by atoms with Crippen LogP contribution in [0, 0.1) is 0 Å². The molecule has 148 valence electrons.